The van der Waals surface area contributed by atoms with Crippen molar-refractivity contribution in [3.05, 3.63) is 29.3 Å². The topological polar surface area (TPSA) is 55.8 Å². The fourth-order valence-electron chi connectivity index (χ4n) is 1.21. The Morgan fingerprint density at radius 1 is 1.38 bits per heavy atom. The fraction of sp³-hybridized carbons (Fsp3) is 0.300. The Morgan fingerprint density at radius 2 is 2.00 bits per heavy atom. The molecule has 0 amide bonds. The summed E-state index contributed by atoms with van der Waals surface area (Å²) in [6.07, 6.45) is -1.71. The SMILES string of the molecule is COC(=O)C(O)c1ccc(F)c(F)c1OC. The predicted octanol–water partition coefficient (Wildman–Crippen LogP) is 1.18. The van der Waals surface area contributed by atoms with Gasteiger partial charge in [-0.05, 0) is 12.1 Å². The third-order valence-electron chi connectivity index (χ3n) is 2.00. The van der Waals surface area contributed by atoms with Gasteiger partial charge in [-0.2, -0.15) is 4.39 Å². The molecule has 1 atom stereocenters. The zero-order valence-corrected chi connectivity index (χ0v) is 8.66. The van der Waals surface area contributed by atoms with Gasteiger partial charge in [-0.1, -0.05) is 0 Å². The number of rotatable bonds is 3. The van der Waals surface area contributed by atoms with Crippen molar-refractivity contribution in [2.75, 3.05) is 14.2 Å². The van der Waals surface area contributed by atoms with E-state index in [1.807, 2.05) is 0 Å². The number of benzene rings is 1. The van der Waals surface area contributed by atoms with E-state index < -0.39 is 29.5 Å². The quantitative estimate of drug-likeness (QED) is 0.795. The number of carbonyl (C=O) groups is 1. The summed E-state index contributed by atoms with van der Waals surface area (Å²) in [5, 5.41) is 9.47. The Hall–Kier alpha value is -1.69. The van der Waals surface area contributed by atoms with Crippen molar-refractivity contribution in [1.82, 2.24) is 0 Å². The van der Waals surface area contributed by atoms with E-state index in [0.717, 1.165) is 26.4 Å². The van der Waals surface area contributed by atoms with E-state index in [9.17, 15) is 18.7 Å². The Bertz CT molecular complexity index is 406. The molecule has 0 heterocycles. The van der Waals surface area contributed by atoms with Crippen LogP contribution in [0.15, 0.2) is 12.1 Å². The number of hydrogen-bond donors (Lipinski definition) is 1. The van der Waals surface area contributed by atoms with Gasteiger partial charge in [0.25, 0.3) is 0 Å². The summed E-state index contributed by atoms with van der Waals surface area (Å²) < 4.78 is 34.9. The highest BCUT2D eigenvalue weighted by molar-refractivity contribution is 5.77. The number of esters is 1. The Kier molecular flexibility index (Phi) is 3.78. The zero-order chi connectivity index (χ0) is 12.3. The normalized spacial score (nSPS) is 12.1. The molecule has 0 saturated carbocycles. The molecule has 1 aromatic rings. The second-order valence-corrected chi connectivity index (χ2v) is 2.91. The lowest BCUT2D eigenvalue weighted by Gasteiger charge is -2.13. The van der Waals surface area contributed by atoms with Gasteiger partial charge < -0.3 is 14.6 Å². The summed E-state index contributed by atoms with van der Waals surface area (Å²) in [6.45, 7) is 0. The maximum Gasteiger partial charge on any atom is 0.339 e. The van der Waals surface area contributed by atoms with Crippen molar-refractivity contribution in [1.29, 1.82) is 0 Å². The largest absolute Gasteiger partial charge is 0.493 e. The summed E-state index contributed by atoms with van der Waals surface area (Å²) in [5.74, 6) is -3.89. The Labute approximate surface area is 90.4 Å². The average molecular weight is 232 g/mol. The lowest BCUT2D eigenvalue weighted by molar-refractivity contribution is -0.150. The van der Waals surface area contributed by atoms with E-state index in [4.69, 9.17) is 0 Å². The van der Waals surface area contributed by atoms with E-state index in [1.54, 1.807) is 0 Å². The van der Waals surface area contributed by atoms with Crippen LogP contribution in [0.3, 0.4) is 0 Å². The molecule has 4 nitrogen and oxygen atoms in total. The molecule has 88 valence electrons. The first-order valence-electron chi connectivity index (χ1n) is 4.30. The minimum absolute atomic E-state index is 0.187. The Morgan fingerprint density at radius 3 is 2.50 bits per heavy atom. The van der Waals surface area contributed by atoms with Gasteiger partial charge in [0.1, 0.15) is 0 Å². The predicted molar refractivity (Wildman–Crippen MR) is 49.9 cm³/mol. The van der Waals surface area contributed by atoms with E-state index in [2.05, 4.69) is 9.47 Å². The standard InChI is InChI=1S/C10H10F2O4/c1-15-9-5(8(13)10(14)16-2)3-4-6(11)7(9)12/h3-4,8,13H,1-2H3. The van der Waals surface area contributed by atoms with Gasteiger partial charge in [-0.15, -0.1) is 0 Å². The molecule has 0 radical (unpaired) electrons. The monoisotopic (exact) mass is 232 g/mol. The van der Waals surface area contributed by atoms with Crippen molar-refractivity contribution in [2.45, 2.75) is 6.10 Å². The lowest BCUT2D eigenvalue weighted by atomic mass is 10.1. The molecular formula is C10H10F2O4. The second-order valence-electron chi connectivity index (χ2n) is 2.91. The van der Waals surface area contributed by atoms with Crippen LogP contribution in [0.25, 0.3) is 0 Å². The van der Waals surface area contributed by atoms with Crippen LogP contribution in [0, 0.1) is 11.6 Å². The van der Waals surface area contributed by atoms with Crippen LogP contribution in [-0.2, 0) is 9.53 Å². The first-order chi connectivity index (χ1) is 7.52. The average Bonchev–Trinajstić information content (AvgIpc) is 2.30. The highest BCUT2D eigenvalue weighted by atomic mass is 19.2. The molecule has 0 aliphatic rings. The molecule has 0 fully saturated rings. The molecule has 0 saturated heterocycles. The third kappa shape index (κ3) is 2.11. The number of halogens is 2. The van der Waals surface area contributed by atoms with E-state index >= 15 is 0 Å². The minimum Gasteiger partial charge on any atom is -0.493 e. The number of ether oxygens (including phenoxy) is 2. The molecule has 0 bridgehead atoms. The third-order valence-corrected chi connectivity index (χ3v) is 2.00. The molecule has 1 aromatic carbocycles. The van der Waals surface area contributed by atoms with E-state index in [1.165, 1.54) is 0 Å². The highest BCUT2D eigenvalue weighted by Crippen LogP contribution is 2.30. The van der Waals surface area contributed by atoms with Crippen LogP contribution in [-0.4, -0.2) is 25.3 Å². The molecular weight excluding hydrogens is 222 g/mol. The van der Waals surface area contributed by atoms with Crippen molar-refractivity contribution in [2.24, 2.45) is 0 Å². The van der Waals surface area contributed by atoms with Gasteiger partial charge in [0.15, 0.2) is 17.7 Å². The van der Waals surface area contributed by atoms with Crippen molar-refractivity contribution < 1.29 is 28.2 Å². The van der Waals surface area contributed by atoms with Gasteiger partial charge in [0, 0.05) is 5.56 Å². The fourth-order valence-corrected chi connectivity index (χ4v) is 1.21. The van der Waals surface area contributed by atoms with Crippen LogP contribution >= 0.6 is 0 Å². The molecule has 0 aromatic heterocycles. The maximum absolute atomic E-state index is 13.2. The number of methoxy groups -OCH3 is 2. The molecule has 0 aliphatic carbocycles. The summed E-state index contributed by atoms with van der Waals surface area (Å²) in [4.78, 5) is 11.0. The number of aliphatic hydroxyl groups excluding tert-OH is 1. The number of carbonyl (C=O) groups excluding carboxylic acids is 1. The zero-order valence-electron chi connectivity index (χ0n) is 8.66. The lowest BCUT2D eigenvalue weighted by Crippen LogP contribution is -2.15. The van der Waals surface area contributed by atoms with Gasteiger partial charge >= 0.3 is 5.97 Å². The summed E-state index contributed by atoms with van der Waals surface area (Å²) in [7, 11) is 2.17. The molecule has 1 unspecified atom stereocenters. The van der Waals surface area contributed by atoms with Crippen LogP contribution in [0.1, 0.15) is 11.7 Å². The number of hydrogen-bond acceptors (Lipinski definition) is 4. The van der Waals surface area contributed by atoms with Gasteiger partial charge in [-0.3, -0.25) is 0 Å². The first-order valence-corrected chi connectivity index (χ1v) is 4.30. The smallest absolute Gasteiger partial charge is 0.339 e. The van der Waals surface area contributed by atoms with E-state index in [0.29, 0.717) is 0 Å². The number of aliphatic hydroxyl groups is 1. The molecule has 1 rings (SSSR count). The van der Waals surface area contributed by atoms with Gasteiger partial charge in [-0.25, -0.2) is 9.18 Å². The first kappa shape index (κ1) is 12.4. The maximum atomic E-state index is 13.2. The molecule has 0 aliphatic heterocycles. The molecule has 16 heavy (non-hydrogen) atoms. The van der Waals surface area contributed by atoms with Crippen molar-refractivity contribution in [3.63, 3.8) is 0 Å². The van der Waals surface area contributed by atoms with Crippen LogP contribution < -0.4 is 4.74 Å². The molecule has 0 spiro atoms. The summed E-state index contributed by atoms with van der Waals surface area (Å²) in [6, 6.07) is 1.85. The van der Waals surface area contributed by atoms with Crippen molar-refractivity contribution in [3.8, 4) is 5.75 Å². The second kappa shape index (κ2) is 4.89. The summed E-state index contributed by atoms with van der Waals surface area (Å²) >= 11 is 0. The van der Waals surface area contributed by atoms with Crippen molar-refractivity contribution >= 4 is 5.97 Å². The van der Waals surface area contributed by atoms with Crippen LogP contribution in [0.4, 0.5) is 8.78 Å². The van der Waals surface area contributed by atoms with E-state index in [-0.39, 0.29) is 5.56 Å². The molecule has 6 heteroatoms. The van der Waals surface area contributed by atoms with Gasteiger partial charge in [0.05, 0.1) is 14.2 Å². The highest BCUT2D eigenvalue weighted by Gasteiger charge is 2.25. The van der Waals surface area contributed by atoms with Crippen LogP contribution in [0.5, 0.6) is 5.75 Å². The van der Waals surface area contributed by atoms with Crippen LogP contribution in [0.2, 0.25) is 0 Å². The Balaban J connectivity index is 3.23. The summed E-state index contributed by atoms with van der Waals surface area (Å²) in [5.41, 5.74) is -0.187. The minimum atomic E-state index is -1.71. The molecule has 1 N–H and O–H groups in total. The van der Waals surface area contributed by atoms with Gasteiger partial charge in [0.2, 0.25) is 5.82 Å².